The fourth-order valence-electron chi connectivity index (χ4n) is 1.99. The van der Waals surface area contributed by atoms with Gasteiger partial charge in [-0.2, -0.15) is 0 Å². The van der Waals surface area contributed by atoms with Crippen LogP contribution in [0.4, 0.5) is 17.1 Å². The number of nitro benzene ring substituents is 2. The first-order valence-corrected chi connectivity index (χ1v) is 8.42. The highest BCUT2D eigenvalue weighted by Gasteiger charge is 2.18. The third-order valence-corrected chi connectivity index (χ3v) is 3.37. The molecule has 1 aromatic rings. The number of carbonyl (C=O) groups is 1. The van der Waals surface area contributed by atoms with Crippen molar-refractivity contribution in [3.63, 3.8) is 0 Å². The number of benzene rings is 1. The van der Waals surface area contributed by atoms with E-state index in [1.54, 1.807) is 0 Å². The van der Waals surface area contributed by atoms with Crippen LogP contribution in [-0.4, -0.2) is 69.1 Å². The van der Waals surface area contributed by atoms with Crippen LogP contribution in [0.3, 0.4) is 0 Å². The summed E-state index contributed by atoms with van der Waals surface area (Å²) >= 11 is 0. The van der Waals surface area contributed by atoms with Gasteiger partial charge in [0.15, 0.2) is 0 Å². The summed E-state index contributed by atoms with van der Waals surface area (Å²) in [5, 5.41) is 24.5. The predicted octanol–water partition coefficient (Wildman–Crippen LogP) is 1.53. The fraction of sp³-hybridized carbons (Fsp3) is 0.562. The molecule has 0 fully saturated rings. The molecule has 1 N–H and O–H groups in total. The minimum Gasteiger partial charge on any atom is -0.469 e. The Labute approximate surface area is 161 Å². The lowest BCUT2D eigenvalue weighted by molar-refractivity contribution is -0.393. The molecular formula is C16H23N3O9. The van der Waals surface area contributed by atoms with E-state index < -0.39 is 9.85 Å². The van der Waals surface area contributed by atoms with Crippen LogP contribution in [0.25, 0.3) is 0 Å². The largest absolute Gasteiger partial charge is 0.469 e. The lowest BCUT2D eigenvalue weighted by Crippen LogP contribution is -2.15. The van der Waals surface area contributed by atoms with E-state index in [-0.39, 0.29) is 49.2 Å². The summed E-state index contributed by atoms with van der Waals surface area (Å²) in [5.74, 6) is -0.331. The number of hydrogen-bond acceptors (Lipinski definition) is 10. The summed E-state index contributed by atoms with van der Waals surface area (Å²) in [7, 11) is 1.31. The number of non-ortho nitro benzene ring substituents is 1. The number of anilines is 1. The van der Waals surface area contributed by atoms with Crippen molar-refractivity contribution in [3.8, 4) is 0 Å². The molecule has 12 nitrogen and oxygen atoms in total. The van der Waals surface area contributed by atoms with Crippen LogP contribution < -0.4 is 5.32 Å². The molecule has 12 heteroatoms. The standard InChI is InChI=1S/C16H23N3O9/c1-25-16(20)4-6-26-8-10-28-11-9-27-7-5-17-14-3-2-13(18(21)22)12-15(14)19(23)24/h2-3,12,17H,4-11H2,1H3. The molecule has 0 amide bonds. The number of carbonyl (C=O) groups excluding carboxylic acids is 1. The Morgan fingerprint density at radius 3 is 2.14 bits per heavy atom. The molecule has 0 bridgehead atoms. The molecule has 0 spiro atoms. The van der Waals surface area contributed by atoms with Gasteiger partial charge in [-0.15, -0.1) is 0 Å². The van der Waals surface area contributed by atoms with Gasteiger partial charge in [0, 0.05) is 12.6 Å². The van der Waals surface area contributed by atoms with Gasteiger partial charge in [-0.25, -0.2) is 0 Å². The second kappa shape index (κ2) is 13.4. The fourth-order valence-corrected chi connectivity index (χ4v) is 1.99. The van der Waals surface area contributed by atoms with Gasteiger partial charge < -0.3 is 24.3 Å². The number of nitro groups is 2. The van der Waals surface area contributed by atoms with E-state index in [1.807, 2.05) is 0 Å². The Hall–Kier alpha value is -2.83. The first kappa shape index (κ1) is 23.2. The zero-order valence-electron chi connectivity index (χ0n) is 15.5. The Bertz CT molecular complexity index is 654. The number of nitrogens with zero attached hydrogens (tertiary/aromatic N) is 2. The van der Waals surface area contributed by atoms with E-state index in [1.165, 1.54) is 19.2 Å². The molecule has 0 unspecified atom stereocenters. The van der Waals surface area contributed by atoms with Crippen molar-refractivity contribution in [2.24, 2.45) is 0 Å². The molecule has 1 rings (SSSR count). The van der Waals surface area contributed by atoms with Gasteiger partial charge in [0.1, 0.15) is 5.69 Å². The maximum atomic E-state index is 11.0. The molecule has 0 saturated carbocycles. The minimum atomic E-state index is -0.690. The summed E-state index contributed by atoms with van der Waals surface area (Å²) in [4.78, 5) is 31.2. The smallest absolute Gasteiger partial charge is 0.307 e. The maximum absolute atomic E-state index is 11.0. The van der Waals surface area contributed by atoms with E-state index in [4.69, 9.17) is 14.2 Å². The van der Waals surface area contributed by atoms with Crippen LogP contribution in [0.5, 0.6) is 0 Å². The molecule has 0 aliphatic rings. The molecule has 0 atom stereocenters. The number of esters is 1. The molecule has 156 valence electrons. The number of nitrogens with one attached hydrogen (secondary N) is 1. The van der Waals surface area contributed by atoms with Crippen molar-refractivity contribution in [3.05, 3.63) is 38.4 Å². The van der Waals surface area contributed by atoms with Crippen molar-refractivity contribution in [1.29, 1.82) is 0 Å². The van der Waals surface area contributed by atoms with E-state index in [0.717, 1.165) is 6.07 Å². The molecule has 0 aliphatic carbocycles. The quantitative estimate of drug-likeness (QED) is 0.198. The van der Waals surface area contributed by atoms with Gasteiger partial charge in [0.2, 0.25) is 0 Å². The molecular weight excluding hydrogens is 378 g/mol. The number of ether oxygens (including phenoxy) is 4. The second-order valence-corrected chi connectivity index (χ2v) is 5.31. The Balaban J connectivity index is 2.11. The van der Waals surface area contributed by atoms with E-state index >= 15 is 0 Å². The van der Waals surface area contributed by atoms with E-state index in [0.29, 0.717) is 26.4 Å². The minimum absolute atomic E-state index is 0.180. The van der Waals surface area contributed by atoms with Gasteiger partial charge in [0.25, 0.3) is 11.4 Å². The Morgan fingerprint density at radius 1 is 0.964 bits per heavy atom. The third kappa shape index (κ3) is 9.21. The van der Waals surface area contributed by atoms with Crippen molar-refractivity contribution < 1.29 is 33.6 Å². The number of hydrogen-bond donors (Lipinski definition) is 1. The number of methoxy groups -OCH3 is 1. The lowest BCUT2D eigenvalue weighted by Gasteiger charge is -2.08. The normalized spacial score (nSPS) is 10.5. The Morgan fingerprint density at radius 2 is 1.57 bits per heavy atom. The average molecular weight is 401 g/mol. The Kier molecular flexibility index (Phi) is 11.1. The molecule has 1 aromatic carbocycles. The van der Waals surface area contributed by atoms with E-state index in [2.05, 4.69) is 10.1 Å². The summed E-state index contributed by atoms with van der Waals surface area (Å²) in [6, 6.07) is 3.39. The number of rotatable bonds is 15. The van der Waals surface area contributed by atoms with Gasteiger partial charge in [-0.3, -0.25) is 25.0 Å². The molecule has 0 saturated heterocycles. The monoisotopic (exact) mass is 401 g/mol. The van der Waals surface area contributed by atoms with Crippen molar-refractivity contribution in [1.82, 2.24) is 0 Å². The average Bonchev–Trinajstić information content (AvgIpc) is 2.68. The first-order chi connectivity index (χ1) is 13.5. The highest BCUT2D eigenvalue weighted by atomic mass is 16.6. The zero-order valence-corrected chi connectivity index (χ0v) is 15.5. The predicted molar refractivity (Wildman–Crippen MR) is 97.3 cm³/mol. The van der Waals surface area contributed by atoms with Crippen LogP contribution in [-0.2, 0) is 23.7 Å². The topological polar surface area (TPSA) is 152 Å². The maximum Gasteiger partial charge on any atom is 0.307 e. The second-order valence-electron chi connectivity index (χ2n) is 5.31. The van der Waals surface area contributed by atoms with E-state index in [9.17, 15) is 25.0 Å². The molecule has 0 aliphatic heterocycles. The van der Waals surface area contributed by atoms with Crippen molar-refractivity contribution >= 4 is 23.0 Å². The van der Waals surface area contributed by atoms with Gasteiger partial charge in [-0.05, 0) is 6.07 Å². The third-order valence-electron chi connectivity index (χ3n) is 3.37. The van der Waals surface area contributed by atoms with Crippen LogP contribution in [0.1, 0.15) is 6.42 Å². The van der Waals surface area contributed by atoms with Gasteiger partial charge >= 0.3 is 5.97 Å². The lowest BCUT2D eigenvalue weighted by atomic mass is 10.2. The van der Waals surface area contributed by atoms with Crippen LogP contribution in [0.15, 0.2) is 18.2 Å². The SMILES string of the molecule is COC(=O)CCOCCOCCOCCNc1ccc([N+](=O)[O-])cc1[N+](=O)[O-]. The van der Waals surface area contributed by atoms with Crippen molar-refractivity contribution in [2.45, 2.75) is 6.42 Å². The highest BCUT2D eigenvalue weighted by molar-refractivity contribution is 5.69. The van der Waals surface area contributed by atoms with Crippen LogP contribution >= 0.6 is 0 Å². The summed E-state index contributed by atoms with van der Waals surface area (Å²) in [5.41, 5.74) is -0.538. The molecule has 0 aromatic heterocycles. The highest BCUT2D eigenvalue weighted by Crippen LogP contribution is 2.28. The van der Waals surface area contributed by atoms with Crippen molar-refractivity contribution in [2.75, 3.05) is 58.6 Å². The molecule has 0 radical (unpaired) electrons. The first-order valence-electron chi connectivity index (χ1n) is 8.42. The summed E-state index contributed by atoms with van der Waals surface area (Å²) in [6.07, 6.45) is 0.194. The summed E-state index contributed by atoms with van der Waals surface area (Å²) in [6.45, 7) is 2.21. The molecule has 28 heavy (non-hydrogen) atoms. The van der Waals surface area contributed by atoms with Crippen LogP contribution in [0, 0.1) is 20.2 Å². The van der Waals surface area contributed by atoms with Gasteiger partial charge in [-0.1, -0.05) is 0 Å². The summed E-state index contributed by atoms with van der Waals surface area (Å²) < 4.78 is 20.3. The van der Waals surface area contributed by atoms with Crippen LogP contribution in [0.2, 0.25) is 0 Å². The molecule has 0 heterocycles. The zero-order chi connectivity index (χ0) is 20.8. The van der Waals surface area contributed by atoms with Gasteiger partial charge in [0.05, 0.1) is 69.1 Å².